The van der Waals surface area contributed by atoms with Crippen LogP contribution >= 0.6 is 0 Å². The second-order valence-corrected chi connectivity index (χ2v) is 9.17. The fraction of sp³-hybridized carbons (Fsp3) is 0.304. The zero-order valence-electron chi connectivity index (χ0n) is 17.4. The molecule has 7 heteroatoms. The SMILES string of the molecule is CCCCC(=O)NS(=O)(=O)C(C)c1ccc(-c2ccc3ccccc3c2)nc1OC. The Bertz CT molecular complexity index is 1160. The molecule has 0 saturated carbocycles. The van der Waals surface area contributed by atoms with Gasteiger partial charge < -0.3 is 4.74 Å². The number of amides is 1. The number of methoxy groups -OCH3 is 1. The molecule has 3 aromatic rings. The molecule has 0 radical (unpaired) electrons. The average Bonchev–Trinajstić information content (AvgIpc) is 2.76. The van der Waals surface area contributed by atoms with E-state index in [4.69, 9.17) is 4.74 Å². The Morgan fingerprint density at radius 3 is 2.53 bits per heavy atom. The number of fused-ring (bicyclic) bond motifs is 1. The topological polar surface area (TPSA) is 85.4 Å². The van der Waals surface area contributed by atoms with Crippen molar-refractivity contribution in [3.63, 3.8) is 0 Å². The summed E-state index contributed by atoms with van der Waals surface area (Å²) >= 11 is 0. The van der Waals surface area contributed by atoms with Crippen LogP contribution in [0.15, 0.2) is 54.6 Å². The molecular weight excluding hydrogens is 400 g/mol. The van der Waals surface area contributed by atoms with Gasteiger partial charge in [0.2, 0.25) is 21.8 Å². The molecule has 2 aromatic carbocycles. The maximum absolute atomic E-state index is 12.7. The van der Waals surface area contributed by atoms with Gasteiger partial charge in [0, 0.05) is 17.5 Å². The molecule has 0 aliphatic rings. The lowest BCUT2D eigenvalue weighted by Crippen LogP contribution is -2.33. The first kappa shape index (κ1) is 21.8. The molecule has 1 aromatic heterocycles. The lowest BCUT2D eigenvalue weighted by molar-refractivity contribution is -0.119. The van der Waals surface area contributed by atoms with Gasteiger partial charge in [-0.2, -0.15) is 0 Å². The van der Waals surface area contributed by atoms with E-state index in [1.807, 2.05) is 49.4 Å². The number of hydrogen-bond acceptors (Lipinski definition) is 5. The first-order valence-electron chi connectivity index (χ1n) is 9.94. The van der Waals surface area contributed by atoms with E-state index in [1.54, 1.807) is 12.1 Å². The van der Waals surface area contributed by atoms with Gasteiger partial charge in [0.25, 0.3) is 0 Å². The Kier molecular flexibility index (Phi) is 6.72. The average molecular weight is 427 g/mol. The van der Waals surface area contributed by atoms with Crippen molar-refractivity contribution in [1.29, 1.82) is 0 Å². The number of carbonyl (C=O) groups is 1. The monoisotopic (exact) mass is 426 g/mol. The van der Waals surface area contributed by atoms with Crippen LogP contribution in [0.2, 0.25) is 0 Å². The van der Waals surface area contributed by atoms with Gasteiger partial charge in [0.15, 0.2) is 0 Å². The summed E-state index contributed by atoms with van der Waals surface area (Å²) in [6.07, 6.45) is 1.64. The predicted octanol–water partition coefficient (Wildman–Crippen LogP) is 4.61. The fourth-order valence-corrected chi connectivity index (χ4v) is 4.35. The number of carbonyl (C=O) groups excluding carboxylic acids is 1. The Morgan fingerprint density at radius 1 is 1.10 bits per heavy atom. The lowest BCUT2D eigenvalue weighted by Gasteiger charge is -2.17. The molecule has 1 heterocycles. The number of hydrogen-bond donors (Lipinski definition) is 1. The third kappa shape index (κ3) is 4.79. The van der Waals surface area contributed by atoms with Crippen molar-refractivity contribution in [3.05, 3.63) is 60.2 Å². The number of nitrogens with zero attached hydrogens (tertiary/aromatic N) is 1. The normalized spacial score (nSPS) is 12.5. The van der Waals surface area contributed by atoms with Crippen LogP contribution in [0.3, 0.4) is 0 Å². The van der Waals surface area contributed by atoms with Crippen molar-refractivity contribution in [1.82, 2.24) is 9.71 Å². The summed E-state index contributed by atoms with van der Waals surface area (Å²) in [5.41, 5.74) is 1.98. The molecule has 0 bridgehead atoms. The van der Waals surface area contributed by atoms with Crippen molar-refractivity contribution in [2.24, 2.45) is 0 Å². The van der Waals surface area contributed by atoms with Crippen molar-refractivity contribution in [2.45, 2.75) is 38.4 Å². The first-order valence-corrected chi connectivity index (χ1v) is 11.5. The van der Waals surface area contributed by atoms with Crippen LogP contribution in [-0.2, 0) is 14.8 Å². The molecule has 0 aliphatic heterocycles. The molecule has 0 fully saturated rings. The zero-order valence-corrected chi connectivity index (χ0v) is 18.2. The van der Waals surface area contributed by atoms with E-state index < -0.39 is 21.2 Å². The van der Waals surface area contributed by atoms with E-state index in [0.717, 1.165) is 22.8 Å². The van der Waals surface area contributed by atoms with Gasteiger partial charge in [-0.1, -0.05) is 55.8 Å². The Hall–Kier alpha value is -2.93. The molecule has 1 N–H and O–H groups in total. The Morgan fingerprint density at radius 2 is 1.83 bits per heavy atom. The minimum atomic E-state index is -3.90. The molecule has 0 aliphatic carbocycles. The minimum Gasteiger partial charge on any atom is -0.481 e. The molecule has 1 amide bonds. The van der Waals surface area contributed by atoms with E-state index in [0.29, 0.717) is 17.7 Å². The van der Waals surface area contributed by atoms with Crippen molar-refractivity contribution < 1.29 is 17.9 Å². The summed E-state index contributed by atoms with van der Waals surface area (Å²) in [7, 11) is -2.45. The summed E-state index contributed by atoms with van der Waals surface area (Å²) in [5.74, 6) is -0.275. The zero-order chi connectivity index (χ0) is 21.7. The van der Waals surface area contributed by atoms with Crippen LogP contribution in [-0.4, -0.2) is 26.4 Å². The van der Waals surface area contributed by atoms with Crippen LogP contribution in [0.25, 0.3) is 22.0 Å². The molecular formula is C23H26N2O4S. The number of benzene rings is 2. The van der Waals surface area contributed by atoms with Crippen LogP contribution < -0.4 is 9.46 Å². The first-order chi connectivity index (χ1) is 14.4. The number of rotatable bonds is 8. The standard InChI is InChI=1S/C23H26N2O4S/c1-4-5-10-22(26)25-30(27,28)16(2)20-13-14-21(24-23(20)29-3)19-12-11-17-8-6-7-9-18(17)15-19/h6-9,11-16H,4-5,10H2,1-3H3,(H,25,26). The van der Waals surface area contributed by atoms with Gasteiger partial charge in [-0.15, -0.1) is 0 Å². The Balaban J connectivity index is 1.90. The molecule has 0 saturated heterocycles. The van der Waals surface area contributed by atoms with Gasteiger partial charge in [-0.25, -0.2) is 13.4 Å². The summed E-state index contributed by atoms with van der Waals surface area (Å²) in [5, 5.41) is 1.23. The second-order valence-electron chi connectivity index (χ2n) is 7.17. The van der Waals surface area contributed by atoms with Crippen LogP contribution in [0, 0.1) is 0 Å². The van der Waals surface area contributed by atoms with Crippen LogP contribution in [0.4, 0.5) is 0 Å². The van der Waals surface area contributed by atoms with Gasteiger partial charge in [0.05, 0.1) is 12.8 Å². The molecule has 6 nitrogen and oxygen atoms in total. The second kappa shape index (κ2) is 9.26. The van der Waals surface area contributed by atoms with E-state index >= 15 is 0 Å². The maximum Gasteiger partial charge on any atom is 0.241 e. The third-order valence-corrected chi connectivity index (χ3v) is 6.74. The predicted molar refractivity (Wildman–Crippen MR) is 119 cm³/mol. The number of nitrogens with one attached hydrogen (secondary N) is 1. The number of pyridine rings is 1. The lowest BCUT2D eigenvalue weighted by atomic mass is 10.0. The van der Waals surface area contributed by atoms with Crippen molar-refractivity contribution in [3.8, 4) is 17.1 Å². The fourth-order valence-electron chi connectivity index (χ4n) is 3.24. The number of unbranched alkanes of at least 4 members (excludes halogenated alkanes) is 1. The highest BCUT2D eigenvalue weighted by atomic mass is 32.2. The highest BCUT2D eigenvalue weighted by Crippen LogP contribution is 2.32. The highest BCUT2D eigenvalue weighted by Gasteiger charge is 2.28. The molecule has 3 rings (SSSR count). The van der Waals surface area contributed by atoms with E-state index in [-0.39, 0.29) is 12.3 Å². The number of ether oxygens (including phenoxy) is 1. The number of sulfonamides is 1. The van der Waals surface area contributed by atoms with Gasteiger partial charge >= 0.3 is 0 Å². The summed E-state index contributed by atoms with van der Waals surface area (Å²) in [4.78, 5) is 16.4. The van der Waals surface area contributed by atoms with Crippen LogP contribution in [0.5, 0.6) is 5.88 Å². The molecule has 158 valence electrons. The largest absolute Gasteiger partial charge is 0.481 e. The summed E-state index contributed by atoms with van der Waals surface area (Å²) in [6, 6.07) is 17.5. The van der Waals surface area contributed by atoms with Crippen molar-refractivity contribution in [2.75, 3.05) is 7.11 Å². The van der Waals surface area contributed by atoms with Gasteiger partial charge in [-0.3, -0.25) is 9.52 Å². The van der Waals surface area contributed by atoms with Gasteiger partial charge in [0.1, 0.15) is 5.25 Å². The highest BCUT2D eigenvalue weighted by molar-refractivity contribution is 7.90. The van der Waals surface area contributed by atoms with Crippen molar-refractivity contribution >= 4 is 26.7 Å². The van der Waals surface area contributed by atoms with Crippen LogP contribution in [0.1, 0.15) is 43.9 Å². The molecule has 30 heavy (non-hydrogen) atoms. The maximum atomic E-state index is 12.7. The smallest absolute Gasteiger partial charge is 0.241 e. The molecule has 1 atom stereocenters. The quantitative estimate of drug-likeness (QED) is 0.569. The Labute approximate surface area is 177 Å². The van der Waals surface area contributed by atoms with Gasteiger partial charge in [-0.05, 0) is 36.2 Å². The third-order valence-electron chi connectivity index (χ3n) is 5.05. The number of aromatic nitrogens is 1. The molecule has 0 spiro atoms. The van der Waals surface area contributed by atoms with E-state index in [9.17, 15) is 13.2 Å². The molecule has 1 unspecified atom stereocenters. The van der Waals surface area contributed by atoms with E-state index in [2.05, 4.69) is 9.71 Å². The van der Waals surface area contributed by atoms with E-state index in [1.165, 1.54) is 14.0 Å². The summed E-state index contributed by atoms with van der Waals surface area (Å²) in [6.45, 7) is 3.46. The summed E-state index contributed by atoms with van der Waals surface area (Å²) < 4.78 is 32.9. The minimum absolute atomic E-state index is 0.179.